The van der Waals surface area contributed by atoms with E-state index >= 15 is 0 Å². The van der Waals surface area contributed by atoms with Gasteiger partial charge >= 0.3 is 104 Å². The molecule has 1 saturated heterocycles. The third kappa shape index (κ3) is 19.2. The smallest absolute Gasteiger partial charge is 0.395 e. The van der Waals surface area contributed by atoms with E-state index in [4.69, 9.17) is 75.9 Å². The molecule has 6 aromatic carbocycles. The van der Waals surface area contributed by atoms with Gasteiger partial charge in [0.15, 0.2) is 0 Å². The fourth-order valence-corrected chi connectivity index (χ4v) is 62.0. The Balaban J connectivity index is 1.91. The predicted octanol–water partition coefficient (Wildman–Crippen LogP) is 9.71. The quantitative estimate of drug-likeness (QED) is 0.0391. The summed E-state index contributed by atoms with van der Waals surface area (Å²) in [6.45, 7) is 36.9. The van der Waals surface area contributed by atoms with Crippen molar-refractivity contribution in [3.63, 3.8) is 0 Å². The molecule has 1 heterocycles. The van der Waals surface area contributed by atoms with Crippen LogP contribution < -0.4 is 31.1 Å². The van der Waals surface area contributed by atoms with E-state index in [0.29, 0.717) is 31.1 Å². The third-order valence-electron chi connectivity index (χ3n) is 13.6. The maximum Gasteiger partial charge on any atom is 0.514 e. The van der Waals surface area contributed by atoms with E-state index in [0.717, 1.165) is 0 Å². The van der Waals surface area contributed by atoms with Gasteiger partial charge in [0.25, 0.3) is 0 Å². The average Bonchev–Trinajstić information content (AvgIpc) is 0.712. The Morgan fingerprint density at radius 3 is 0.422 bits per heavy atom. The van der Waals surface area contributed by atoms with Crippen LogP contribution in [0.25, 0.3) is 0 Å². The van der Waals surface area contributed by atoms with Crippen molar-refractivity contribution in [3.8, 4) is 0 Å². The van der Waals surface area contributed by atoms with Gasteiger partial charge in [-0.05, 0) is 120 Å². The SMILES string of the molecule is CCO[Si](C)(C)O[Si]1(c2ccccc2)O[Si](O[Si](C)(C)OCC)(c2ccccc2)O[Si](O[Si](C)(C)OCC)(c2ccccc2)O[Si](O[Si](C)(C)OCC)(c2ccccc2)O[Si](O[Si](C)(C)OCC)(c2ccccc2)O[Si](O[Si](C)(C)OCC)(c2ccccc2)O1. The van der Waals surface area contributed by atoms with E-state index in [9.17, 15) is 0 Å². The number of hydrogen-bond acceptors (Lipinski definition) is 18. The maximum absolute atomic E-state index is 8.64. The molecule has 0 spiro atoms. The minimum atomic E-state index is -5.17. The van der Waals surface area contributed by atoms with Crippen molar-refractivity contribution in [3.05, 3.63) is 182 Å². The van der Waals surface area contributed by atoms with Gasteiger partial charge in [-0.25, -0.2) is 0 Å². The van der Waals surface area contributed by atoms with Crippen LogP contribution >= 0.6 is 0 Å². The maximum atomic E-state index is 8.64. The van der Waals surface area contributed by atoms with E-state index in [1.54, 1.807) is 0 Å². The number of benzene rings is 6. The zero-order valence-corrected chi connectivity index (χ0v) is 67.9. The molecule has 90 heavy (non-hydrogen) atoms. The molecule has 1 fully saturated rings. The van der Waals surface area contributed by atoms with Gasteiger partial charge in [0, 0.05) is 70.8 Å². The first-order chi connectivity index (χ1) is 42.5. The number of hydrogen-bond donors (Lipinski definition) is 0. The Hall–Kier alpha value is -2.80. The highest BCUT2D eigenvalue weighted by Gasteiger charge is 2.75. The molecule has 0 N–H and O–H groups in total. The Bertz CT molecular complexity index is 2570. The second-order valence-electron chi connectivity index (χ2n) is 23.8. The zero-order chi connectivity index (χ0) is 65.6. The molecule has 30 heteroatoms. The van der Waals surface area contributed by atoms with Gasteiger partial charge in [-0.3, -0.25) is 0 Å². The summed E-state index contributed by atoms with van der Waals surface area (Å²) in [5.74, 6) is 0. The standard InChI is InChI=1S/C60H96O18Si12/c1-19-61-79(7,8)67-85(55-43-31-25-32-44-55)73-86(56-45-33-26-34-46-56,68-80(9,10)62-20-2)75-88(58-49-37-28-38-50-58,70-82(13,14)64-22-4)77-90(60-53-41-30-42-54-60,72-84(17,18)66-24-6)78-89(59-51-39-29-40-52-59,71-83(15,16)65-23-5)76-87(74-85,57-47-35-27-36-48-57)69-81(11,12)63-21-3/h25-54H,19-24H2,1-18H3. The van der Waals surface area contributed by atoms with Crippen molar-refractivity contribution in [2.45, 2.75) is 120 Å². The molecule has 0 unspecified atom stereocenters. The van der Waals surface area contributed by atoms with Gasteiger partial charge in [-0.1, -0.05) is 182 Å². The summed E-state index contributed by atoms with van der Waals surface area (Å²) >= 11 is 0. The lowest BCUT2D eigenvalue weighted by Gasteiger charge is -2.53. The third-order valence-corrected chi connectivity index (χ3v) is 56.9. The first-order valence-electron chi connectivity index (χ1n) is 31.1. The van der Waals surface area contributed by atoms with Gasteiger partial charge < -0.3 is 75.9 Å². The van der Waals surface area contributed by atoms with Gasteiger partial charge in [-0.15, -0.1) is 0 Å². The van der Waals surface area contributed by atoms with Crippen LogP contribution in [-0.4, -0.2) is 144 Å². The molecule has 7 rings (SSSR count). The minimum absolute atomic E-state index is 0.287. The van der Waals surface area contributed by atoms with Crippen LogP contribution in [0.3, 0.4) is 0 Å². The van der Waals surface area contributed by atoms with E-state index in [1.807, 2.05) is 302 Å². The number of rotatable bonds is 30. The predicted molar refractivity (Wildman–Crippen MR) is 379 cm³/mol. The van der Waals surface area contributed by atoms with Gasteiger partial charge in [-0.2, -0.15) is 0 Å². The summed E-state index contributed by atoms with van der Waals surface area (Å²) in [5, 5.41) is 2.95. The summed E-state index contributed by atoms with van der Waals surface area (Å²) in [7, 11) is -52.4. The lowest BCUT2D eigenvalue weighted by molar-refractivity contribution is 0.0817. The summed E-state index contributed by atoms with van der Waals surface area (Å²) in [5.41, 5.74) is 0. The second kappa shape index (κ2) is 31.4. The molecule has 18 nitrogen and oxygen atoms in total. The molecule has 6 aromatic rings. The molecular formula is C60H96O18Si12. The van der Waals surface area contributed by atoms with Crippen LogP contribution in [0.1, 0.15) is 41.5 Å². The molecule has 0 atom stereocenters. The molecule has 0 saturated carbocycles. The van der Waals surface area contributed by atoms with E-state index in [2.05, 4.69) is 0 Å². The van der Waals surface area contributed by atoms with Crippen molar-refractivity contribution in [2.75, 3.05) is 39.6 Å². The van der Waals surface area contributed by atoms with E-state index in [1.165, 1.54) is 0 Å². The summed E-state index contributed by atoms with van der Waals surface area (Å²) in [6, 6.07) is 57.8. The van der Waals surface area contributed by atoms with Crippen molar-refractivity contribution in [2.24, 2.45) is 0 Å². The van der Waals surface area contributed by atoms with Gasteiger partial charge in [0.2, 0.25) is 0 Å². The Labute approximate surface area is 549 Å². The second-order valence-corrected chi connectivity index (χ2v) is 62.2. The highest BCUT2D eigenvalue weighted by atomic mass is 28.6. The van der Waals surface area contributed by atoms with Crippen molar-refractivity contribution in [1.82, 2.24) is 0 Å². The summed E-state index contributed by atoms with van der Waals surface area (Å²) < 4.78 is 141. The van der Waals surface area contributed by atoms with Crippen LogP contribution in [0.5, 0.6) is 0 Å². The normalized spacial score (nSPS) is 24.5. The zero-order valence-electron chi connectivity index (χ0n) is 55.9. The van der Waals surface area contributed by atoms with E-state index in [-0.39, 0.29) is 39.6 Å². The summed E-state index contributed by atoms with van der Waals surface area (Å²) in [4.78, 5) is 0. The Morgan fingerprint density at radius 2 is 0.322 bits per heavy atom. The van der Waals surface area contributed by atoms with Gasteiger partial charge in [0.05, 0.1) is 0 Å². The van der Waals surface area contributed by atoms with Crippen LogP contribution in [0.2, 0.25) is 78.6 Å². The van der Waals surface area contributed by atoms with Crippen LogP contribution in [0.4, 0.5) is 0 Å². The van der Waals surface area contributed by atoms with E-state index < -0.39 is 104 Å². The molecule has 0 amide bonds. The first kappa shape index (κ1) is 74.6. The fourth-order valence-electron chi connectivity index (χ4n) is 10.6. The average molecular weight is 1440 g/mol. The fraction of sp³-hybridized carbons (Fsp3) is 0.400. The minimum Gasteiger partial charge on any atom is -0.395 e. The Morgan fingerprint density at radius 1 is 0.211 bits per heavy atom. The highest BCUT2D eigenvalue weighted by molar-refractivity contribution is 7.07. The topological polar surface area (TPSA) is 166 Å². The molecule has 0 aromatic heterocycles. The highest BCUT2D eigenvalue weighted by Crippen LogP contribution is 2.40. The lowest BCUT2D eigenvalue weighted by atomic mass is 10.4. The van der Waals surface area contributed by atoms with Crippen molar-refractivity contribution in [1.29, 1.82) is 0 Å². The van der Waals surface area contributed by atoms with Crippen molar-refractivity contribution >= 4 is 135 Å². The van der Waals surface area contributed by atoms with Gasteiger partial charge in [0.1, 0.15) is 0 Å². The largest absolute Gasteiger partial charge is 0.514 e. The summed E-state index contributed by atoms with van der Waals surface area (Å²) in [6.07, 6.45) is 0. The Kier molecular flexibility index (Phi) is 26.0. The van der Waals surface area contributed by atoms with Crippen LogP contribution in [0, 0.1) is 0 Å². The molecule has 1 aliphatic rings. The molecular weight excluding hydrogens is 1350 g/mol. The monoisotopic (exact) mass is 1440 g/mol. The lowest BCUT2D eigenvalue weighted by Crippen LogP contribution is -2.85. The first-order valence-corrected chi connectivity index (χ1v) is 58.3. The molecule has 0 bridgehead atoms. The molecule has 0 radical (unpaired) electrons. The molecule has 0 aliphatic carbocycles. The van der Waals surface area contributed by atoms with Crippen LogP contribution in [0.15, 0.2) is 182 Å². The molecule has 492 valence electrons. The molecule has 1 aliphatic heterocycles. The van der Waals surface area contributed by atoms with Crippen LogP contribution in [-0.2, 0) is 75.9 Å². The van der Waals surface area contributed by atoms with Crippen molar-refractivity contribution < 1.29 is 75.9 Å².